The van der Waals surface area contributed by atoms with Gasteiger partial charge in [0.25, 0.3) is 0 Å². The first kappa shape index (κ1) is 22.2. The van der Waals surface area contributed by atoms with E-state index >= 15 is 0 Å². The zero-order valence-corrected chi connectivity index (χ0v) is 17.7. The number of ether oxygens (including phenoxy) is 2. The summed E-state index contributed by atoms with van der Waals surface area (Å²) in [7, 11) is 0. The van der Waals surface area contributed by atoms with E-state index in [1.165, 1.54) is 45.4 Å². The summed E-state index contributed by atoms with van der Waals surface area (Å²) in [6.07, 6.45) is 10.7. The van der Waals surface area contributed by atoms with E-state index in [0.29, 0.717) is 25.6 Å². The fourth-order valence-electron chi connectivity index (χ4n) is 4.68. The molecule has 0 spiro atoms. The van der Waals surface area contributed by atoms with Gasteiger partial charge in [0.05, 0.1) is 13.2 Å². The third kappa shape index (κ3) is 6.50. The van der Waals surface area contributed by atoms with E-state index in [0.717, 1.165) is 30.6 Å². The van der Waals surface area contributed by atoms with Crippen LogP contribution in [-0.4, -0.2) is 13.2 Å². The molecule has 0 aromatic carbocycles. The Morgan fingerprint density at radius 2 is 1.37 bits per heavy atom. The predicted molar refractivity (Wildman–Crippen MR) is 106 cm³/mol. The lowest BCUT2D eigenvalue weighted by Gasteiger charge is -2.37. The number of allylic oxidation sites excluding steroid dienone is 4. The van der Waals surface area contributed by atoms with Crippen LogP contribution in [0.3, 0.4) is 0 Å². The average Bonchev–Trinajstić information content (AvgIpc) is 2.69. The number of halogens is 2. The molecule has 2 aliphatic carbocycles. The van der Waals surface area contributed by atoms with Crippen LogP contribution in [0.25, 0.3) is 0 Å². The van der Waals surface area contributed by atoms with Gasteiger partial charge in [-0.2, -0.15) is 8.78 Å². The molecular weight excluding hydrogens is 346 g/mol. The summed E-state index contributed by atoms with van der Waals surface area (Å²) in [6, 6.07) is 0. The molecule has 0 saturated heterocycles. The van der Waals surface area contributed by atoms with Gasteiger partial charge in [0.2, 0.25) is 0 Å². The summed E-state index contributed by atoms with van der Waals surface area (Å²) in [5.74, 6) is 1.37. The number of hydrogen-bond acceptors (Lipinski definition) is 2. The standard InChI is InChI=1S/C23H38F2O2/c1-5-21(23(25)22(24)17(4)26-6-2)27-15-18-9-13-20(14-10-18)19-11-7-16(3)8-12-19/h16,18-20H,5-15H2,1-4H3/b22-17-,23-21-. The minimum atomic E-state index is -0.941. The van der Waals surface area contributed by atoms with Gasteiger partial charge >= 0.3 is 0 Å². The van der Waals surface area contributed by atoms with Crippen molar-refractivity contribution in [2.75, 3.05) is 13.2 Å². The maximum Gasteiger partial charge on any atom is 0.199 e. The first-order chi connectivity index (χ1) is 13.0. The van der Waals surface area contributed by atoms with Crippen LogP contribution in [0.1, 0.15) is 85.5 Å². The molecule has 156 valence electrons. The fourth-order valence-corrected chi connectivity index (χ4v) is 4.68. The Labute approximate surface area is 164 Å². The van der Waals surface area contributed by atoms with Gasteiger partial charge in [-0.05, 0) is 76.0 Å². The Bertz CT molecular complexity index is 510. The van der Waals surface area contributed by atoms with Gasteiger partial charge < -0.3 is 9.47 Å². The molecular formula is C23H38F2O2. The molecule has 0 radical (unpaired) electrons. The third-order valence-corrected chi connectivity index (χ3v) is 6.54. The van der Waals surface area contributed by atoms with Gasteiger partial charge in [-0.1, -0.05) is 26.7 Å². The molecule has 27 heavy (non-hydrogen) atoms. The van der Waals surface area contributed by atoms with Crippen LogP contribution < -0.4 is 0 Å². The molecule has 0 unspecified atom stereocenters. The van der Waals surface area contributed by atoms with Crippen LogP contribution in [0.15, 0.2) is 23.2 Å². The van der Waals surface area contributed by atoms with E-state index in [2.05, 4.69) is 6.92 Å². The van der Waals surface area contributed by atoms with Crippen molar-refractivity contribution < 1.29 is 18.3 Å². The molecule has 4 heteroatoms. The van der Waals surface area contributed by atoms with E-state index in [4.69, 9.17) is 9.47 Å². The van der Waals surface area contributed by atoms with Crippen LogP contribution >= 0.6 is 0 Å². The second-order valence-corrected chi connectivity index (χ2v) is 8.51. The van der Waals surface area contributed by atoms with Crippen molar-refractivity contribution in [3.05, 3.63) is 23.2 Å². The summed E-state index contributed by atoms with van der Waals surface area (Å²) >= 11 is 0. The van der Waals surface area contributed by atoms with E-state index < -0.39 is 11.7 Å². The monoisotopic (exact) mass is 384 g/mol. The quantitative estimate of drug-likeness (QED) is 0.319. The second-order valence-electron chi connectivity index (χ2n) is 8.51. The summed E-state index contributed by atoms with van der Waals surface area (Å²) in [5, 5.41) is 0. The zero-order chi connectivity index (χ0) is 19.8. The highest BCUT2D eigenvalue weighted by Gasteiger charge is 2.30. The van der Waals surface area contributed by atoms with Crippen molar-refractivity contribution in [3.8, 4) is 0 Å². The molecule has 0 aromatic heterocycles. The minimum absolute atomic E-state index is 0.0214. The van der Waals surface area contributed by atoms with Crippen molar-refractivity contribution in [3.63, 3.8) is 0 Å². The molecule has 0 aromatic rings. The van der Waals surface area contributed by atoms with Gasteiger partial charge in [-0.3, -0.25) is 0 Å². The molecule has 2 aliphatic rings. The molecule has 2 rings (SSSR count). The lowest BCUT2D eigenvalue weighted by molar-refractivity contribution is 0.0945. The van der Waals surface area contributed by atoms with Crippen molar-refractivity contribution >= 4 is 0 Å². The Balaban J connectivity index is 1.82. The Hall–Kier alpha value is -1.06. The fraction of sp³-hybridized carbons (Fsp3) is 0.826. The van der Waals surface area contributed by atoms with E-state index in [1.54, 1.807) is 13.8 Å². The largest absolute Gasteiger partial charge is 0.495 e. The van der Waals surface area contributed by atoms with Crippen LogP contribution in [0.2, 0.25) is 0 Å². The molecule has 0 atom stereocenters. The highest BCUT2D eigenvalue weighted by molar-refractivity contribution is 5.24. The molecule has 2 fully saturated rings. The average molecular weight is 385 g/mol. The topological polar surface area (TPSA) is 18.5 Å². The normalized spacial score (nSPS) is 31.0. The van der Waals surface area contributed by atoms with Crippen LogP contribution in [0.4, 0.5) is 8.78 Å². The van der Waals surface area contributed by atoms with Gasteiger partial charge in [-0.15, -0.1) is 0 Å². The van der Waals surface area contributed by atoms with Crippen LogP contribution in [0, 0.1) is 23.7 Å². The highest BCUT2D eigenvalue weighted by atomic mass is 19.2. The molecule has 0 heterocycles. The van der Waals surface area contributed by atoms with Crippen molar-refractivity contribution in [2.24, 2.45) is 23.7 Å². The molecule has 0 bridgehead atoms. The predicted octanol–water partition coefficient (Wildman–Crippen LogP) is 7.46. The summed E-state index contributed by atoms with van der Waals surface area (Å²) in [4.78, 5) is 0. The Morgan fingerprint density at radius 1 is 0.815 bits per heavy atom. The Kier molecular flexibility index (Phi) is 9.11. The molecule has 0 N–H and O–H groups in total. The third-order valence-electron chi connectivity index (χ3n) is 6.54. The smallest absolute Gasteiger partial charge is 0.199 e. The maximum atomic E-state index is 14.4. The lowest BCUT2D eigenvalue weighted by atomic mass is 9.69. The molecule has 0 amide bonds. The number of hydrogen-bond donors (Lipinski definition) is 0. The van der Waals surface area contributed by atoms with Gasteiger partial charge in [0, 0.05) is 6.42 Å². The Morgan fingerprint density at radius 3 is 1.89 bits per heavy atom. The summed E-state index contributed by atoms with van der Waals surface area (Å²) in [5.41, 5.74) is 0. The van der Waals surface area contributed by atoms with E-state index in [1.807, 2.05) is 0 Å². The minimum Gasteiger partial charge on any atom is -0.495 e. The maximum absolute atomic E-state index is 14.4. The first-order valence-corrected chi connectivity index (χ1v) is 11.0. The summed E-state index contributed by atoms with van der Waals surface area (Å²) < 4.78 is 39.2. The molecule has 0 aliphatic heterocycles. The van der Waals surface area contributed by atoms with Crippen molar-refractivity contribution in [1.29, 1.82) is 0 Å². The molecule has 2 nitrogen and oxygen atoms in total. The lowest BCUT2D eigenvalue weighted by Crippen LogP contribution is -2.26. The van der Waals surface area contributed by atoms with Gasteiger partial charge in [0.1, 0.15) is 11.5 Å². The zero-order valence-electron chi connectivity index (χ0n) is 17.7. The van der Waals surface area contributed by atoms with Gasteiger partial charge in [-0.25, -0.2) is 0 Å². The first-order valence-electron chi connectivity index (χ1n) is 11.0. The molecule has 2 saturated carbocycles. The van der Waals surface area contributed by atoms with Crippen molar-refractivity contribution in [1.82, 2.24) is 0 Å². The van der Waals surface area contributed by atoms with Crippen LogP contribution in [-0.2, 0) is 9.47 Å². The van der Waals surface area contributed by atoms with Crippen LogP contribution in [0.5, 0.6) is 0 Å². The van der Waals surface area contributed by atoms with E-state index in [9.17, 15) is 8.78 Å². The SMILES string of the molecule is CCO/C(C)=C(F)/C(F)=C(\CC)OCC1CCC(C2CCC(C)CC2)CC1. The summed E-state index contributed by atoms with van der Waals surface area (Å²) in [6.45, 7) is 8.16. The van der Waals surface area contributed by atoms with Gasteiger partial charge in [0.15, 0.2) is 11.7 Å². The highest BCUT2D eigenvalue weighted by Crippen LogP contribution is 2.41. The van der Waals surface area contributed by atoms with E-state index in [-0.39, 0.29) is 11.5 Å². The number of rotatable bonds is 8. The van der Waals surface area contributed by atoms with Crippen molar-refractivity contribution in [2.45, 2.75) is 85.5 Å². The second kappa shape index (κ2) is 11.1.